The number of aryl methyl sites for hydroxylation is 2. The molecule has 2 N–H and O–H groups in total. The molecule has 0 aliphatic carbocycles. The van der Waals surface area contributed by atoms with E-state index in [9.17, 15) is 26.7 Å². The fraction of sp³-hybridized carbons (Fsp3) is 0.458. The molecule has 40 heavy (non-hydrogen) atoms. The van der Waals surface area contributed by atoms with E-state index in [2.05, 4.69) is 14.7 Å². The Labute approximate surface area is 233 Å². The van der Waals surface area contributed by atoms with Crippen LogP contribution in [0.1, 0.15) is 24.2 Å². The number of likely N-dealkylation sites (N-methyl/N-ethyl adjacent to an activating group) is 1. The number of nitrogens with zero attached hydrogens (tertiary/aromatic N) is 6. The molecule has 16 heteroatoms. The van der Waals surface area contributed by atoms with E-state index in [1.807, 2.05) is 6.92 Å². The number of nitrogens with one attached hydrogen (secondary N) is 1. The smallest absolute Gasteiger partial charge is 0.280 e. The van der Waals surface area contributed by atoms with E-state index in [4.69, 9.17) is 4.74 Å². The predicted octanol–water partition coefficient (Wildman–Crippen LogP) is 0.495. The van der Waals surface area contributed by atoms with E-state index in [0.29, 0.717) is 0 Å². The molecule has 1 aliphatic heterocycles. The zero-order valence-corrected chi connectivity index (χ0v) is 24.4. The third-order valence-corrected chi connectivity index (χ3v) is 9.64. The van der Waals surface area contributed by atoms with Gasteiger partial charge in [-0.3, -0.25) is 9.52 Å². The Morgan fingerprint density at radius 3 is 2.33 bits per heavy atom. The molecule has 3 heterocycles. The lowest BCUT2D eigenvalue weighted by Crippen LogP contribution is -2.50. The van der Waals surface area contributed by atoms with Crippen molar-refractivity contribution < 1.29 is 31.5 Å². The van der Waals surface area contributed by atoms with E-state index in [1.54, 1.807) is 21.0 Å². The van der Waals surface area contributed by atoms with Gasteiger partial charge in [-0.2, -0.15) is 12.7 Å². The summed E-state index contributed by atoms with van der Waals surface area (Å²) in [6, 6.07) is 3.70. The van der Waals surface area contributed by atoms with Crippen molar-refractivity contribution in [3.8, 4) is 5.75 Å². The molecular formula is C24H33N7O7S2. The monoisotopic (exact) mass is 595 g/mol. The number of benzene rings is 1. The number of carbonyl (C=O) groups excluding carboxylic acids is 1. The SMILES string of the molecule is C[C@H]1CN([C@@H](C)CO)C(=O)c2cc(NS(=O)(=O)c3cn(C)cn3)ccc2O[C@H]1CN(C)S(=O)(=O)c1cn(C)cn1. The summed E-state index contributed by atoms with van der Waals surface area (Å²) in [6.07, 6.45) is 4.80. The van der Waals surface area contributed by atoms with E-state index in [1.165, 1.54) is 64.3 Å². The average Bonchev–Trinajstić information content (AvgIpc) is 3.54. The van der Waals surface area contributed by atoms with Crippen LogP contribution < -0.4 is 9.46 Å². The molecule has 0 bridgehead atoms. The molecule has 2 aromatic heterocycles. The van der Waals surface area contributed by atoms with Crippen molar-refractivity contribution in [3.63, 3.8) is 0 Å². The summed E-state index contributed by atoms with van der Waals surface area (Å²) in [5.41, 5.74) is 0.173. The van der Waals surface area contributed by atoms with Gasteiger partial charge in [0.1, 0.15) is 11.9 Å². The van der Waals surface area contributed by atoms with Crippen LogP contribution in [0.25, 0.3) is 0 Å². The number of aliphatic hydroxyl groups excluding tert-OH is 1. The van der Waals surface area contributed by atoms with Crippen LogP contribution in [0.15, 0.2) is 53.3 Å². The standard InChI is InChI=1S/C24H33N7O7S2/c1-16-9-31(17(2)13-32)24(33)19-8-18(27-39(34,35)22-11-28(3)14-25-22)6-7-20(19)38-21(16)10-30(5)40(36,37)23-12-29(4)15-26-23/h6-8,11-12,14-17,21,27,32H,9-10,13H2,1-5H3/t16-,17-,21-/m0/s1. The molecule has 0 saturated carbocycles. The Kier molecular flexibility index (Phi) is 8.26. The van der Waals surface area contributed by atoms with Gasteiger partial charge >= 0.3 is 0 Å². The number of rotatable bonds is 9. The lowest BCUT2D eigenvalue weighted by atomic mass is 9.99. The minimum absolute atomic E-state index is 0.0525. The van der Waals surface area contributed by atoms with Crippen molar-refractivity contribution in [2.24, 2.45) is 20.0 Å². The molecule has 1 aromatic carbocycles. The summed E-state index contributed by atoms with van der Waals surface area (Å²) in [7, 11) is -3.22. The summed E-state index contributed by atoms with van der Waals surface area (Å²) < 4.78 is 64.7. The molecule has 14 nitrogen and oxygen atoms in total. The first-order chi connectivity index (χ1) is 18.7. The second-order valence-electron chi connectivity index (χ2n) is 9.98. The van der Waals surface area contributed by atoms with Crippen molar-refractivity contribution in [3.05, 3.63) is 48.8 Å². The second kappa shape index (κ2) is 11.2. The highest BCUT2D eigenvalue weighted by Crippen LogP contribution is 2.31. The maximum atomic E-state index is 13.6. The van der Waals surface area contributed by atoms with Gasteiger partial charge < -0.3 is 23.9 Å². The quantitative estimate of drug-likeness (QED) is 0.358. The second-order valence-corrected chi connectivity index (χ2v) is 13.6. The van der Waals surface area contributed by atoms with Gasteiger partial charge in [0.05, 0.1) is 37.4 Å². The number of sulfonamides is 2. The van der Waals surface area contributed by atoms with Crippen molar-refractivity contribution in [2.75, 3.05) is 31.5 Å². The molecule has 0 saturated heterocycles. The number of anilines is 1. The molecule has 0 fully saturated rings. The normalized spacial score (nSPS) is 19.1. The van der Waals surface area contributed by atoms with Gasteiger partial charge in [0.25, 0.3) is 26.0 Å². The zero-order chi connectivity index (χ0) is 29.4. The van der Waals surface area contributed by atoms with Crippen LogP contribution in [0.5, 0.6) is 5.75 Å². The zero-order valence-electron chi connectivity index (χ0n) is 22.8. The Morgan fingerprint density at radius 2 is 1.75 bits per heavy atom. The van der Waals surface area contributed by atoms with Crippen molar-refractivity contribution in [2.45, 2.75) is 36.0 Å². The number of hydrogen-bond acceptors (Lipinski definition) is 9. The number of ether oxygens (including phenoxy) is 1. The first-order valence-electron chi connectivity index (χ1n) is 12.4. The maximum absolute atomic E-state index is 13.6. The highest BCUT2D eigenvalue weighted by atomic mass is 32.2. The molecule has 1 aliphatic rings. The van der Waals surface area contributed by atoms with Gasteiger partial charge in [-0.1, -0.05) is 6.92 Å². The molecule has 0 spiro atoms. The molecule has 3 aromatic rings. The van der Waals surface area contributed by atoms with Gasteiger partial charge in [-0.15, -0.1) is 0 Å². The van der Waals surface area contributed by atoms with E-state index in [0.717, 1.165) is 4.31 Å². The van der Waals surface area contributed by atoms with Crippen LogP contribution >= 0.6 is 0 Å². The topological polar surface area (TPSA) is 169 Å². The molecule has 0 unspecified atom stereocenters. The Balaban J connectivity index is 1.68. The van der Waals surface area contributed by atoms with Crippen LogP contribution in [-0.2, 0) is 34.1 Å². The van der Waals surface area contributed by atoms with Gasteiger partial charge in [0, 0.05) is 51.7 Å². The number of aliphatic hydroxyl groups is 1. The highest BCUT2D eigenvalue weighted by Gasteiger charge is 2.36. The van der Waals surface area contributed by atoms with E-state index >= 15 is 0 Å². The van der Waals surface area contributed by atoms with Gasteiger partial charge in [0.15, 0.2) is 10.1 Å². The highest BCUT2D eigenvalue weighted by molar-refractivity contribution is 7.92. The summed E-state index contributed by atoms with van der Waals surface area (Å²) >= 11 is 0. The molecular weight excluding hydrogens is 562 g/mol. The number of imidazole rings is 2. The Morgan fingerprint density at radius 1 is 1.12 bits per heavy atom. The third-order valence-electron chi connectivity index (χ3n) is 6.67. The van der Waals surface area contributed by atoms with E-state index < -0.39 is 38.1 Å². The molecule has 1 amide bonds. The number of fused-ring (bicyclic) bond motifs is 1. The van der Waals surface area contributed by atoms with E-state index in [-0.39, 0.29) is 52.7 Å². The van der Waals surface area contributed by atoms with Crippen molar-refractivity contribution in [1.29, 1.82) is 0 Å². The lowest BCUT2D eigenvalue weighted by molar-refractivity contribution is 0.0387. The van der Waals surface area contributed by atoms with Crippen molar-refractivity contribution >= 4 is 31.6 Å². The molecule has 3 atom stereocenters. The predicted molar refractivity (Wildman–Crippen MR) is 145 cm³/mol. The minimum atomic E-state index is -4.03. The van der Waals surface area contributed by atoms with Crippen LogP contribution in [0.3, 0.4) is 0 Å². The number of hydrogen-bond donors (Lipinski definition) is 2. The first kappa shape index (κ1) is 29.5. The van der Waals surface area contributed by atoms with Crippen LogP contribution in [0, 0.1) is 5.92 Å². The van der Waals surface area contributed by atoms with Crippen LogP contribution in [0.4, 0.5) is 5.69 Å². The average molecular weight is 596 g/mol. The molecule has 4 rings (SSSR count). The summed E-state index contributed by atoms with van der Waals surface area (Å²) in [4.78, 5) is 22.9. The lowest BCUT2D eigenvalue weighted by Gasteiger charge is -2.38. The maximum Gasteiger partial charge on any atom is 0.280 e. The molecule has 218 valence electrons. The van der Waals surface area contributed by atoms with Gasteiger partial charge in [0.2, 0.25) is 0 Å². The summed E-state index contributed by atoms with van der Waals surface area (Å²) in [5, 5.41) is 9.57. The van der Waals surface area contributed by atoms with Crippen LogP contribution in [0.2, 0.25) is 0 Å². The molecule has 0 radical (unpaired) electrons. The van der Waals surface area contributed by atoms with Gasteiger partial charge in [-0.25, -0.2) is 18.4 Å². The number of amides is 1. The largest absolute Gasteiger partial charge is 0.488 e. The first-order valence-corrected chi connectivity index (χ1v) is 15.3. The summed E-state index contributed by atoms with van der Waals surface area (Å²) in [6.45, 7) is 3.32. The van der Waals surface area contributed by atoms with Gasteiger partial charge in [-0.05, 0) is 25.1 Å². The fourth-order valence-corrected chi connectivity index (χ4v) is 6.45. The summed E-state index contributed by atoms with van der Waals surface area (Å²) in [5.74, 6) is -0.647. The number of carbonyl (C=O) groups is 1. The minimum Gasteiger partial charge on any atom is -0.488 e. The Hall–Kier alpha value is -3.47. The third kappa shape index (κ3) is 5.99. The van der Waals surface area contributed by atoms with Crippen LogP contribution in [-0.4, -0.2) is 95.0 Å². The number of aromatic nitrogens is 4. The Bertz CT molecular complexity index is 1600. The fourth-order valence-electron chi connectivity index (χ4n) is 4.27. The van der Waals surface area contributed by atoms with Crippen molar-refractivity contribution in [1.82, 2.24) is 28.3 Å².